The van der Waals surface area contributed by atoms with E-state index >= 15 is 0 Å². The van der Waals surface area contributed by atoms with Gasteiger partial charge in [-0.25, -0.2) is 9.18 Å². The van der Waals surface area contributed by atoms with E-state index in [1.54, 1.807) is 4.90 Å². The molecule has 0 aromatic rings. The molecule has 0 aliphatic carbocycles. The molecule has 0 spiro atoms. The van der Waals surface area contributed by atoms with Gasteiger partial charge in [-0.05, 0) is 12.5 Å². The van der Waals surface area contributed by atoms with Crippen LogP contribution in [-0.4, -0.2) is 22.5 Å². The Morgan fingerprint density at radius 3 is 2.87 bits per heavy atom. The summed E-state index contributed by atoms with van der Waals surface area (Å²) in [4.78, 5) is 12.2. The van der Waals surface area contributed by atoms with Crippen LogP contribution < -0.4 is 0 Å². The number of rotatable bonds is 4. The summed E-state index contributed by atoms with van der Waals surface area (Å²) >= 11 is 0. The van der Waals surface area contributed by atoms with E-state index in [0.717, 1.165) is 18.9 Å². The third kappa shape index (κ3) is 2.68. The zero-order valence-electron chi connectivity index (χ0n) is 8.66. The average molecular weight is 211 g/mol. The molecule has 1 aliphatic rings. The first kappa shape index (κ1) is 11.5. The summed E-state index contributed by atoms with van der Waals surface area (Å²) in [6.45, 7) is 6.17. The molecule has 0 saturated heterocycles. The van der Waals surface area contributed by atoms with Crippen molar-refractivity contribution >= 4 is 5.97 Å². The van der Waals surface area contributed by atoms with Gasteiger partial charge in [0.25, 0.3) is 0 Å². The van der Waals surface area contributed by atoms with Crippen LogP contribution in [0.4, 0.5) is 4.39 Å². The van der Waals surface area contributed by atoms with Crippen molar-refractivity contribution in [2.45, 2.75) is 19.8 Å². The normalized spacial score (nSPS) is 16.1. The molecule has 1 heterocycles. The van der Waals surface area contributed by atoms with Gasteiger partial charge in [-0.2, -0.15) is 0 Å². The molecule has 82 valence electrons. The van der Waals surface area contributed by atoms with Gasteiger partial charge < -0.3 is 10.0 Å². The smallest absolute Gasteiger partial charge is 0.337 e. The van der Waals surface area contributed by atoms with E-state index in [4.69, 9.17) is 5.11 Å². The van der Waals surface area contributed by atoms with E-state index in [-0.39, 0.29) is 11.3 Å². The number of hydrogen-bond donors (Lipinski definition) is 1. The fourth-order valence-electron chi connectivity index (χ4n) is 1.29. The number of nitrogens with zero attached hydrogens (tertiary/aromatic N) is 1. The van der Waals surface area contributed by atoms with E-state index in [9.17, 15) is 9.18 Å². The van der Waals surface area contributed by atoms with Gasteiger partial charge in [0.15, 0.2) is 0 Å². The van der Waals surface area contributed by atoms with E-state index in [1.807, 2.05) is 6.92 Å². The Kier molecular flexibility index (Phi) is 3.66. The Balaban J connectivity index is 2.84. The molecule has 4 heteroatoms. The molecule has 1 N–H and O–H groups in total. The van der Waals surface area contributed by atoms with Gasteiger partial charge in [-0.3, -0.25) is 0 Å². The first-order chi connectivity index (χ1) is 7.06. The van der Waals surface area contributed by atoms with Gasteiger partial charge >= 0.3 is 5.97 Å². The number of aliphatic carboxylic acids is 1. The minimum atomic E-state index is -1.13. The monoisotopic (exact) mass is 211 g/mol. The number of allylic oxidation sites excluding steroid dienone is 1. The zero-order valence-corrected chi connectivity index (χ0v) is 8.66. The molecule has 0 fully saturated rings. The highest BCUT2D eigenvalue weighted by molar-refractivity contribution is 5.90. The molecular weight excluding hydrogens is 197 g/mol. The molecule has 0 aromatic carbocycles. The highest BCUT2D eigenvalue weighted by Crippen LogP contribution is 2.24. The predicted molar refractivity (Wildman–Crippen MR) is 55.7 cm³/mol. The number of unbranched alkanes of at least 4 members (excludes halogenated alkanes) is 1. The Morgan fingerprint density at radius 1 is 1.67 bits per heavy atom. The van der Waals surface area contributed by atoms with E-state index in [0.29, 0.717) is 6.54 Å². The SMILES string of the molecule is C=C1C(F)=CC(C(=O)O)=CN1CCCC. The van der Waals surface area contributed by atoms with Crippen LogP contribution in [0.2, 0.25) is 0 Å². The Bertz CT molecular complexity index is 344. The van der Waals surface area contributed by atoms with Crippen molar-refractivity contribution in [3.63, 3.8) is 0 Å². The first-order valence-electron chi connectivity index (χ1n) is 4.84. The maximum absolute atomic E-state index is 13.3. The molecule has 0 saturated carbocycles. The third-order valence-electron chi connectivity index (χ3n) is 2.20. The minimum Gasteiger partial charge on any atom is -0.478 e. The van der Waals surface area contributed by atoms with Crippen LogP contribution in [0.25, 0.3) is 0 Å². The van der Waals surface area contributed by atoms with Crippen LogP contribution in [0.3, 0.4) is 0 Å². The summed E-state index contributed by atoms with van der Waals surface area (Å²) in [5.41, 5.74) is 0.185. The standard InChI is InChI=1S/C11H14FNO2/c1-3-4-5-13-7-9(11(14)15)6-10(12)8(13)2/h6-7H,2-5H2,1H3,(H,14,15). The van der Waals surface area contributed by atoms with Crippen molar-refractivity contribution in [1.29, 1.82) is 0 Å². The second kappa shape index (κ2) is 4.77. The quantitative estimate of drug-likeness (QED) is 0.776. The number of carbonyl (C=O) groups is 1. The summed E-state index contributed by atoms with van der Waals surface area (Å²) < 4.78 is 13.3. The van der Waals surface area contributed by atoms with Gasteiger partial charge in [-0.1, -0.05) is 19.9 Å². The van der Waals surface area contributed by atoms with E-state index < -0.39 is 11.8 Å². The third-order valence-corrected chi connectivity index (χ3v) is 2.20. The number of hydrogen-bond acceptors (Lipinski definition) is 2. The second-order valence-electron chi connectivity index (χ2n) is 3.38. The molecule has 0 unspecified atom stereocenters. The Morgan fingerprint density at radius 2 is 2.33 bits per heavy atom. The van der Waals surface area contributed by atoms with Crippen molar-refractivity contribution in [2.24, 2.45) is 0 Å². The fraction of sp³-hybridized carbons (Fsp3) is 0.364. The number of halogens is 1. The molecule has 0 radical (unpaired) electrons. The number of carboxylic acids is 1. The zero-order chi connectivity index (χ0) is 11.4. The summed E-state index contributed by atoms with van der Waals surface area (Å²) in [6, 6.07) is 0. The Labute approximate surface area is 88.2 Å². The van der Waals surface area contributed by atoms with Crippen molar-refractivity contribution in [3.8, 4) is 0 Å². The Hall–Kier alpha value is -1.58. The molecule has 0 amide bonds. The molecule has 15 heavy (non-hydrogen) atoms. The first-order valence-corrected chi connectivity index (χ1v) is 4.84. The maximum atomic E-state index is 13.3. The average Bonchev–Trinajstić information content (AvgIpc) is 2.19. The second-order valence-corrected chi connectivity index (χ2v) is 3.38. The lowest BCUT2D eigenvalue weighted by atomic mass is 10.1. The molecule has 3 nitrogen and oxygen atoms in total. The van der Waals surface area contributed by atoms with Crippen molar-refractivity contribution in [3.05, 3.63) is 36.0 Å². The van der Waals surface area contributed by atoms with Crippen molar-refractivity contribution in [2.75, 3.05) is 6.54 Å². The van der Waals surface area contributed by atoms with E-state index in [2.05, 4.69) is 6.58 Å². The summed E-state index contributed by atoms with van der Waals surface area (Å²) in [5.74, 6) is -1.70. The topological polar surface area (TPSA) is 40.5 Å². The molecular formula is C11H14FNO2. The highest BCUT2D eigenvalue weighted by atomic mass is 19.1. The summed E-state index contributed by atoms with van der Waals surface area (Å²) in [5, 5.41) is 8.75. The lowest BCUT2D eigenvalue weighted by Crippen LogP contribution is -2.22. The lowest BCUT2D eigenvalue weighted by molar-refractivity contribution is -0.132. The van der Waals surface area contributed by atoms with Gasteiger partial charge in [0.05, 0.1) is 11.3 Å². The van der Waals surface area contributed by atoms with E-state index in [1.165, 1.54) is 6.20 Å². The molecule has 0 atom stereocenters. The van der Waals surface area contributed by atoms with Gasteiger partial charge in [-0.15, -0.1) is 0 Å². The molecule has 0 bridgehead atoms. The van der Waals surface area contributed by atoms with Crippen LogP contribution in [0.5, 0.6) is 0 Å². The molecule has 0 aromatic heterocycles. The van der Waals surface area contributed by atoms with Crippen LogP contribution in [0, 0.1) is 0 Å². The van der Waals surface area contributed by atoms with Crippen LogP contribution in [0.15, 0.2) is 36.0 Å². The predicted octanol–water partition coefficient (Wildman–Crippen LogP) is 2.44. The highest BCUT2D eigenvalue weighted by Gasteiger charge is 2.19. The minimum absolute atomic E-state index is 0.0454. The summed E-state index contributed by atoms with van der Waals surface area (Å²) in [6.07, 6.45) is 4.25. The molecule has 1 aliphatic heterocycles. The van der Waals surface area contributed by atoms with Crippen LogP contribution in [0.1, 0.15) is 19.8 Å². The van der Waals surface area contributed by atoms with Crippen molar-refractivity contribution in [1.82, 2.24) is 4.90 Å². The molecule has 1 rings (SSSR count). The maximum Gasteiger partial charge on any atom is 0.337 e. The van der Waals surface area contributed by atoms with Crippen LogP contribution in [-0.2, 0) is 4.79 Å². The van der Waals surface area contributed by atoms with Gasteiger partial charge in [0.2, 0.25) is 0 Å². The summed E-state index contributed by atoms with van der Waals surface area (Å²) in [7, 11) is 0. The van der Waals surface area contributed by atoms with Gasteiger partial charge in [0.1, 0.15) is 5.83 Å². The van der Waals surface area contributed by atoms with Crippen molar-refractivity contribution < 1.29 is 14.3 Å². The number of carboxylic acid groups (broad SMARTS) is 1. The van der Waals surface area contributed by atoms with Crippen LogP contribution >= 0.6 is 0 Å². The lowest BCUT2D eigenvalue weighted by Gasteiger charge is -2.25. The van der Waals surface area contributed by atoms with Gasteiger partial charge in [0, 0.05) is 12.7 Å². The fourth-order valence-corrected chi connectivity index (χ4v) is 1.29. The largest absolute Gasteiger partial charge is 0.478 e.